The summed E-state index contributed by atoms with van der Waals surface area (Å²) in [5.74, 6) is -3.22. The molecule has 0 bridgehead atoms. The molecule has 6 heteroatoms. The largest absolute Gasteiger partial charge is 0.366 e. The van der Waals surface area contributed by atoms with Crippen molar-refractivity contribution >= 4 is 36.3 Å². The number of amides is 1. The summed E-state index contributed by atoms with van der Waals surface area (Å²) < 4.78 is 0. The summed E-state index contributed by atoms with van der Waals surface area (Å²) in [4.78, 5) is 19.3. The topological polar surface area (TPSA) is 63.3 Å². The average Bonchev–Trinajstić information content (AvgIpc) is 1.62. The van der Waals surface area contributed by atoms with E-state index in [2.05, 4.69) is 24.5 Å². The van der Waals surface area contributed by atoms with Crippen LogP contribution in [-0.2, 0) is 4.79 Å². The lowest BCUT2D eigenvalue weighted by molar-refractivity contribution is -0.117. The van der Waals surface area contributed by atoms with Gasteiger partial charge in [0.25, 0.3) is 11.8 Å². The summed E-state index contributed by atoms with van der Waals surface area (Å²) in [6, 6.07) is 0. The van der Waals surface area contributed by atoms with Gasteiger partial charge in [0.2, 0.25) is 0 Å². The summed E-state index contributed by atoms with van der Waals surface area (Å²) >= 11 is 7.44. The molecule has 0 aliphatic heterocycles. The zero-order chi connectivity index (χ0) is 7.65. The first-order chi connectivity index (χ1) is 3.85. The molecule has 0 spiro atoms. The van der Waals surface area contributed by atoms with Gasteiger partial charge in [-0.1, -0.05) is 0 Å². The second-order valence-electron chi connectivity index (χ2n) is 1.69. The molecule has 0 aromatic carbocycles. The molecule has 0 heterocycles. The van der Waals surface area contributed by atoms with Crippen LogP contribution in [0.5, 0.6) is 0 Å². The molecule has 0 aliphatic rings. The minimum Gasteiger partial charge on any atom is -0.366 e. The van der Waals surface area contributed by atoms with Gasteiger partial charge >= 0.3 is 0 Å². The molecule has 1 atom stereocenters. The van der Waals surface area contributed by atoms with Crippen LogP contribution in [0.1, 0.15) is 6.92 Å². The monoisotopic (exact) mass is 186 g/mol. The Bertz CT molecular complexity index is 123. The number of thiol groups is 2. The van der Waals surface area contributed by atoms with E-state index < -0.39 is 17.5 Å². The molecule has 1 amide bonds. The fourth-order valence-electron chi connectivity index (χ4n) is 0.171. The van der Waals surface area contributed by atoms with Gasteiger partial charge < -0.3 is 5.73 Å². The van der Waals surface area contributed by atoms with Crippen LogP contribution < -0.4 is 5.73 Å². The Morgan fingerprint density at radius 2 is 2.11 bits per heavy atom. The van der Waals surface area contributed by atoms with Crippen molar-refractivity contribution in [3.63, 3.8) is 0 Å². The van der Waals surface area contributed by atoms with Gasteiger partial charge in [-0.15, -0.1) is 0 Å². The molecule has 54 valence electrons. The van der Waals surface area contributed by atoms with Crippen LogP contribution in [-0.4, -0.2) is 16.5 Å². The predicted octanol–water partition coefficient (Wildman–Crippen LogP) is 0.475. The molecule has 0 aromatic rings. The minimum atomic E-state index is -2.65. The maximum absolute atomic E-state index is 10.3. The van der Waals surface area contributed by atoms with E-state index in [4.69, 9.17) is 10.6 Å². The highest BCUT2D eigenvalue weighted by Crippen LogP contribution is 2.67. The van der Waals surface area contributed by atoms with E-state index in [1.165, 1.54) is 6.92 Å². The summed E-state index contributed by atoms with van der Waals surface area (Å²) in [5, 5.41) is 0. The normalized spacial score (nSPS) is 15.1. The van der Waals surface area contributed by atoms with Crippen molar-refractivity contribution < 1.29 is 9.69 Å². The van der Waals surface area contributed by atoms with Gasteiger partial charge in [0.15, 0.2) is 5.66 Å². The molecule has 1 unspecified atom stereocenters. The Morgan fingerprint density at radius 3 is 2.11 bits per heavy atom. The van der Waals surface area contributed by atoms with Crippen LogP contribution in [0, 0.1) is 0 Å². The van der Waals surface area contributed by atoms with Gasteiger partial charge in [0, 0.05) is 24.5 Å². The lowest BCUT2D eigenvalue weighted by Crippen LogP contribution is -2.24. The number of carbonyl (C=O) groups is 1. The minimum absolute atomic E-state index is 0.573. The average molecular weight is 186 g/mol. The van der Waals surface area contributed by atoms with Gasteiger partial charge in [-0.05, 0) is 6.92 Å². The molecule has 0 rings (SSSR count). The molecule has 3 nitrogen and oxygen atoms in total. The molecule has 0 aliphatic carbocycles. The summed E-state index contributed by atoms with van der Waals surface area (Å²) in [7, 11) is 0. The van der Waals surface area contributed by atoms with Crippen molar-refractivity contribution in [1.82, 2.24) is 0 Å². The molecule has 3 N–H and O–H groups in total. The van der Waals surface area contributed by atoms with Crippen LogP contribution in [0.25, 0.3) is 0 Å². The smallest absolute Gasteiger partial charge is 0.264 e. The molecule has 0 saturated carbocycles. The van der Waals surface area contributed by atoms with E-state index >= 15 is 0 Å². The number of hydrogen-bond acceptors (Lipinski definition) is 4. The van der Waals surface area contributed by atoms with Crippen LogP contribution in [0.4, 0.5) is 0 Å². The molecular formula is C3H9NO2PS2+. The van der Waals surface area contributed by atoms with Crippen molar-refractivity contribution in [1.29, 1.82) is 0 Å². The number of primary amides is 1. The fourth-order valence-corrected chi connectivity index (χ4v) is 1.19. The van der Waals surface area contributed by atoms with Crippen molar-refractivity contribution in [3.05, 3.63) is 0 Å². The predicted molar refractivity (Wildman–Crippen MR) is 45.8 cm³/mol. The summed E-state index contributed by atoms with van der Waals surface area (Å²) in [6.07, 6.45) is 0. The maximum Gasteiger partial charge on any atom is 0.264 e. The summed E-state index contributed by atoms with van der Waals surface area (Å²) in [5.41, 5.74) is 4.20. The lowest BCUT2D eigenvalue weighted by atomic mass is 10.5. The Labute approximate surface area is 64.7 Å². The first-order valence-electron chi connectivity index (χ1n) is 2.22. The van der Waals surface area contributed by atoms with Crippen LogP contribution in [0.3, 0.4) is 0 Å². The first kappa shape index (κ1) is 9.56. The Morgan fingerprint density at radius 1 is 1.78 bits per heavy atom. The van der Waals surface area contributed by atoms with Crippen molar-refractivity contribution in [2.75, 3.05) is 0 Å². The highest BCUT2D eigenvalue weighted by molar-refractivity contribution is 8.83. The third-order valence-corrected chi connectivity index (χ3v) is 4.30. The van der Waals surface area contributed by atoms with Gasteiger partial charge in [-0.25, -0.2) is 4.89 Å². The van der Waals surface area contributed by atoms with E-state index in [0.717, 1.165) is 0 Å². The number of hydrogen-bond donors (Lipinski definition) is 4. The number of carbonyl (C=O) groups excluding carboxylic acids is 1. The highest BCUT2D eigenvalue weighted by Gasteiger charge is 2.39. The van der Waals surface area contributed by atoms with Crippen molar-refractivity contribution in [3.8, 4) is 0 Å². The third kappa shape index (κ3) is 3.30. The van der Waals surface area contributed by atoms with Crippen LogP contribution in [0.2, 0.25) is 0 Å². The van der Waals surface area contributed by atoms with Crippen molar-refractivity contribution in [2.24, 2.45) is 5.73 Å². The SMILES string of the molecule is CC(C(N)=O)[P+](O)(S)S. The first-order valence-corrected chi connectivity index (χ1v) is 6.33. The maximum atomic E-state index is 10.3. The molecule has 0 aromatic heterocycles. The standard InChI is InChI=1S/C3H8NO2PS2/c1-2(3(4)5)7(6,8)9/h2,6,8-9H,1H3,(H-,4,5)/p+1. The molecule has 0 saturated heterocycles. The van der Waals surface area contributed by atoms with E-state index in [0.29, 0.717) is 0 Å². The number of nitrogens with two attached hydrogens (primary N) is 1. The third-order valence-electron chi connectivity index (χ3n) is 0.931. The molecule has 0 fully saturated rings. The van der Waals surface area contributed by atoms with E-state index in [-0.39, 0.29) is 0 Å². The second-order valence-corrected chi connectivity index (χ2v) is 8.30. The molecular weight excluding hydrogens is 177 g/mol. The van der Waals surface area contributed by atoms with E-state index in [1.54, 1.807) is 0 Å². The van der Waals surface area contributed by atoms with Crippen LogP contribution in [0.15, 0.2) is 0 Å². The zero-order valence-corrected chi connectivity index (χ0v) is 7.54. The fraction of sp³-hybridized carbons (Fsp3) is 0.667. The molecule has 0 radical (unpaired) electrons. The Hall–Kier alpha value is 0.560. The van der Waals surface area contributed by atoms with Gasteiger partial charge in [-0.2, -0.15) is 0 Å². The van der Waals surface area contributed by atoms with E-state index in [9.17, 15) is 4.79 Å². The number of rotatable bonds is 2. The lowest BCUT2D eigenvalue weighted by Gasteiger charge is -2.09. The Balaban J connectivity index is 4.04. The van der Waals surface area contributed by atoms with Crippen molar-refractivity contribution in [2.45, 2.75) is 12.6 Å². The quantitative estimate of drug-likeness (QED) is 0.374. The van der Waals surface area contributed by atoms with E-state index in [1.807, 2.05) is 0 Å². The van der Waals surface area contributed by atoms with Gasteiger partial charge in [0.1, 0.15) is 0 Å². The molecule has 9 heavy (non-hydrogen) atoms. The van der Waals surface area contributed by atoms with Gasteiger partial charge in [-0.3, -0.25) is 4.79 Å². The van der Waals surface area contributed by atoms with Crippen LogP contribution >= 0.6 is 30.4 Å². The zero-order valence-electron chi connectivity index (χ0n) is 4.85. The van der Waals surface area contributed by atoms with Gasteiger partial charge in [0.05, 0.1) is 0 Å². The highest BCUT2D eigenvalue weighted by atomic mass is 33.1. The second kappa shape index (κ2) is 3.10. The Kier molecular flexibility index (Phi) is 3.29. The summed E-state index contributed by atoms with van der Waals surface area (Å²) in [6.45, 7) is 1.50.